The van der Waals surface area contributed by atoms with Gasteiger partial charge in [-0.1, -0.05) is 69.0 Å². The second-order valence-electron chi connectivity index (χ2n) is 9.93. The van der Waals surface area contributed by atoms with E-state index in [0.29, 0.717) is 5.89 Å². The van der Waals surface area contributed by atoms with Crippen molar-refractivity contribution in [2.75, 3.05) is 28.7 Å². The lowest BCUT2D eigenvalue weighted by molar-refractivity contribution is 0.619. The number of para-hydroxylation sites is 6. The van der Waals surface area contributed by atoms with Gasteiger partial charge in [-0.3, -0.25) is 0 Å². The molecule has 0 amide bonds. The Morgan fingerprint density at radius 1 is 0.737 bits per heavy atom. The van der Waals surface area contributed by atoms with Crippen LogP contribution in [0.3, 0.4) is 0 Å². The van der Waals surface area contributed by atoms with Gasteiger partial charge < -0.3 is 19.5 Å². The molecule has 0 atom stereocenters. The van der Waals surface area contributed by atoms with Crippen molar-refractivity contribution in [1.82, 2.24) is 4.98 Å². The van der Waals surface area contributed by atoms with E-state index in [2.05, 4.69) is 95.8 Å². The molecule has 6 rings (SSSR count). The van der Waals surface area contributed by atoms with E-state index in [1.807, 2.05) is 24.3 Å². The highest BCUT2D eigenvalue weighted by atomic mass is 16.3. The summed E-state index contributed by atoms with van der Waals surface area (Å²) in [6.07, 6.45) is 6.21. The summed E-state index contributed by atoms with van der Waals surface area (Å²) in [5, 5.41) is 3.73. The smallest absolute Gasteiger partial charge is 0.229 e. The normalized spacial score (nSPS) is 12.5. The molecular weight excluding hydrogens is 468 g/mol. The molecule has 0 saturated carbocycles. The second-order valence-corrected chi connectivity index (χ2v) is 9.93. The molecule has 0 spiro atoms. The molecule has 4 aromatic carbocycles. The number of nitrogens with one attached hydrogen (secondary N) is 1. The van der Waals surface area contributed by atoms with E-state index in [4.69, 9.17) is 9.40 Å². The van der Waals surface area contributed by atoms with Gasteiger partial charge in [0, 0.05) is 25.0 Å². The van der Waals surface area contributed by atoms with Crippen LogP contribution in [-0.2, 0) is 0 Å². The SMILES string of the molecule is CCCCCCCNc1cc(N2c3ccccc3N(C)c3ccccc32)ccc1-c1nc2ccccc2o1. The fraction of sp³-hybridized carbons (Fsp3) is 0.242. The second kappa shape index (κ2) is 10.6. The van der Waals surface area contributed by atoms with Gasteiger partial charge in [0.2, 0.25) is 5.89 Å². The van der Waals surface area contributed by atoms with E-state index in [1.54, 1.807) is 0 Å². The van der Waals surface area contributed by atoms with Gasteiger partial charge in [-0.25, -0.2) is 4.98 Å². The maximum absolute atomic E-state index is 6.19. The summed E-state index contributed by atoms with van der Waals surface area (Å²) in [6.45, 7) is 3.17. The maximum atomic E-state index is 6.19. The number of fused-ring (bicyclic) bond motifs is 3. The number of hydrogen-bond acceptors (Lipinski definition) is 5. The molecule has 1 aromatic heterocycles. The molecule has 0 aliphatic carbocycles. The van der Waals surface area contributed by atoms with E-state index in [1.165, 1.54) is 37.1 Å². The molecule has 1 aliphatic heterocycles. The quantitative estimate of drug-likeness (QED) is 0.203. The molecule has 38 heavy (non-hydrogen) atoms. The highest BCUT2D eigenvalue weighted by Crippen LogP contribution is 2.51. The van der Waals surface area contributed by atoms with Crippen LogP contribution >= 0.6 is 0 Å². The zero-order valence-electron chi connectivity index (χ0n) is 22.2. The highest BCUT2D eigenvalue weighted by Gasteiger charge is 2.27. The van der Waals surface area contributed by atoms with Gasteiger partial charge in [0.25, 0.3) is 0 Å². The van der Waals surface area contributed by atoms with E-state index in [9.17, 15) is 0 Å². The van der Waals surface area contributed by atoms with E-state index in [-0.39, 0.29) is 0 Å². The van der Waals surface area contributed by atoms with Crippen molar-refractivity contribution in [3.63, 3.8) is 0 Å². The largest absolute Gasteiger partial charge is 0.436 e. The third kappa shape index (κ3) is 4.49. The van der Waals surface area contributed by atoms with Crippen LogP contribution in [0, 0.1) is 0 Å². The lowest BCUT2D eigenvalue weighted by atomic mass is 10.0. The number of oxazole rings is 1. The molecule has 5 heteroatoms. The van der Waals surface area contributed by atoms with Crippen LogP contribution in [0.15, 0.2) is 95.4 Å². The van der Waals surface area contributed by atoms with Crippen molar-refractivity contribution in [3.05, 3.63) is 91.0 Å². The van der Waals surface area contributed by atoms with Crippen LogP contribution in [0.4, 0.5) is 34.1 Å². The predicted octanol–water partition coefficient (Wildman–Crippen LogP) is 9.43. The minimum atomic E-state index is 0.644. The molecule has 1 N–H and O–H groups in total. The van der Waals surface area contributed by atoms with Crippen molar-refractivity contribution in [1.29, 1.82) is 0 Å². The number of hydrogen-bond donors (Lipinski definition) is 1. The Kier molecular flexibility index (Phi) is 6.74. The Morgan fingerprint density at radius 2 is 1.39 bits per heavy atom. The summed E-state index contributed by atoms with van der Waals surface area (Å²) in [5.74, 6) is 0.644. The van der Waals surface area contributed by atoms with Crippen LogP contribution in [0.5, 0.6) is 0 Å². The average Bonchev–Trinajstić information content (AvgIpc) is 3.39. The zero-order chi connectivity index (χ0) is 25.9. The van der Waals surface area contributed by atoms with Crippen LogP contribution in [0.25, 0.3) is 22.6 Å². The lowest BCUT2D eigenvalue weighted by Gasteiger charge is -2.38. The Hall–Kier alpha value is -4.25. The molecule has 5 aromatic rings. The Bertz CT molecular complexity index is 1480. The van der Waals surface area contributed by atoms with Crippen molar-refractivity contribution < 1.29 is 4.42 Å². The first-order valence-corrected chi connectivity index (χ1v) is 13.7. The van der Waals surface area contributed by atoms with Gasteiger partial charge in [-0.15, -0.1) is 0 Å². The molecule has 192 valence electrons. The molecule has 5 nitrogen and oxygen atoms in total. The fourth-order valence-corrected chi connectivity index (χ4v) is 5.35. The minimum Gasteiger partial charge on any atom is -0.436 e. The fourth-order valence-electron chi connectivity index (χ4n) is 5.35. The average molecular weight is 503 g/mol. The number of aromatic nitrogens is 1. The standard InChI is InChI=1S/C33H34N4O/c1-3-4-5-6-13-22-34-27-23-24(20-21-25(27)33-35-26-14-7-12-19-32(26)38-33)37-30-17-10-8-15-28(30)36(2)29-16-9-11-18-31(29)37/h7-12,14-21,23,34H,3-6,13,22H2,1-2H3. The van der Waals surface area contributed by atoms with Crippen LogP contribution in [0.2, 0.25) is 0 Å². The molecule has 0 saturated heterocycles. The maximum Gasteiger partial charge on any atom is 0.229 e. The molecule has 2 heterocycles. The van der Waals surface area contributed by atoms with Crippen molar-refractivity contribution in [2.24, 2.45) is 0 Å². The first-order valence-electron chi connectivity index (χ1n) is 13.7. The van der Waals surface area contributed by atoms with E-state index >= 15 is 0 Å². The van der Waals surface area contributed by atoms with Crippen LogP contribution in [-0.4, -0.2) is 18.6 Å². The number of unbranched alkanes of at least 4 members (excludes halogenated alkanes) is 4. The van der Waals surface area contributed by atoms with Gasteiger partial charge in [0.1, 0.15) is 5.52 Å². The summed E-state index contributed by atoms with van der Waals surface area (Å²) in [5.41, 5.74) is 9.49. The third-order valence-electron chi connectivity index (χ3n) is 7.35. The predicted molar refractivity (Wildman–Crippen MR) is 159 cm³/mol. The van der Waals surface area contributed by atoms with Crippen molar-refractivity contribution in [3.8, 4) is 11.5 Å². The lowest BCUT2D eigenvalue weighted by Crippen LogP contribution is -2.24. The zero-order valence-corrected chi connectivity index (χ0v) is 22.2. The van der Waals surface area contributed by atoms with Crippen LogP contribution in [0.1, 0.15) is 39.0 Å². The summed E-state index contributed by atoms with van der Waals surface area (Å²) in [6, 6.07) is 31.7. The monoisotopic (exact) mass is 502 g/mol. The first kappa shape index (κ1) is 24.1. The van der Waals surface area contributed by atoms with Crippen molar-refractivity contribution >= 4 is 45.2 Å². The third-order valence-corrected chi connectivity index (χ3v) is 7.35. The minimum absolute atomic E-state index is 0.644. The molecule has 0 fully saturated rings. The number of rotatable bonds is 9. The topological polar surface area (TPSA) is 44.5 Å². The van der Waals surface area contributed by atoms with Gasteiger partial charge in [0.15, 0.2) is 5.58 Å². The summed E-state index contributed by atoms with van der Waals surface area (Å²) in [7, 11) is 2.14. The summed E-state index contributed by atoms with van der Waals surface area (Å²) < 4.78 is 6.19. The summed E-state index contributed by atoms with van der Waals surface area (Å²) >= 11 is 0. The number of nitrogens with zero attached hydrogens (tertiary/aromatic N) is 3. The van der Waals surface area contributed by atoms with Gasteiger partial charge in [0.05, 0.1) is 28.3 Å². The van der Waals surface area contributed by atoms with Crippen molar-refractivity contribution in [2.45, 2.75) is 39.0 Å². The first-order chi connectivity index (χ1) is 18.7. The van der Waals surface area contributed by atoms with Gasteiger partial charge in [-0.2, -0.15) is 0 Å². The molecule has 0 bridgehead atoms. The van der Waals surface area contributed by atoms with Gasteiger partial charge in [-0.05, 0) is 61.0 Å². The molecule has 1 aliphatic rings. The Balaban J connectivity index is 1.41. The van der Waals surface area contributed by atoms with Gasteiger partial charge >= 0.3 is 0 Å². The molecule has 0 radical (unpaired) electrons. The Labute approximate surface area is 224 Å². The molecular formula is C33H34N4O. The highest BCUT2D eigenvalue weighted by molar-refractivity contribution is 5.98. The summed E-state index contributed by atoms with van der Waals surface area (Å²) in [4.78, 5) is 9.43. The van der Waals surface area contributed by atoms with E-state index in [0.717, 1.165) is 52.4 Å². The number of anilines is 6. The molecule has 0 unspecified atom stereocenters. The number of benzene rings is 4. The van der Waals surface area contributed by atoms with Crippen LogP contribution < -0.4 is 15.1 Å². The van der Waals surface area contributed by atoms with E-state index < -0.39 is 0 Å². The Morgan fingerprint density at radius 3 is 2.11 bits per heavy atom.